The highest BCUT2D eigenvalue weighted by Crippen LogP contribution is 2.35. The summed E-state index contributed by atoms with van der Waals surface area (Å²) in [5.41, 5.74) is -0.126. The third kappa shape index (κ3) is 1.84. The second-order valence-electron chi connectivity index (χ2n) is 3.28. The van der Waals surface area contributed by atoms with Crippen molar-refractivity contribution in [1.82, 2.24) is 10.2 Å². The molecule has 0 bridgehead atoms. The highest BCUT2D eigenvalue weighted by molar-refractivity contribution is 9.11. The largest absolute Gasteiger partial charge is 0.394 e. The van der Waals surface area contributed by atoms with Crippen LogP contribution >= 0.6 is 27.3 Å². The molecule has 0 atom stereocenters. The van der Waals surface area contributed by atoms with Gasteiger partial charge in [-0.15, -0.1) is 10.2 Å². The van der Waals surface area contributed by atoms with Gasteiger partial charge < -0.3 is 10.4 Å². The lowest BCUT2D eigenvalue weighted by Crippen LogP contribution is -2.48. The zero-order valence-electron chi connectivity index (χ0n) is 6.96. The number of aromatic nitrogens is 2. The molecule has 0 aliphatic heterocycles. The maximum absolute atomic E-state index is 9.19. The van der Waals surface area contributed by atoms with E-state index in [0.717, 1.165) is 21.9 Å². The van der Waals surface area contributed by atoms with Gasteiger partial charge in [0.15, 0.2) is 3.92 Å². The predicted molar refractivity (Wildman–Crippen MR) is 54.9 cm³/mol. The van der Waals surface area contributed by atoms with Crippen molar-refractivity contribution < 1.29 is 5.11 Å². The molecule has 1 fully saturated rings. The topological polar surface area (TPSA) is 58.0 Å². The lowest BCUT2D eigenvalue weighted by Gasteiger charge is -2.40. The van der Waals surface area contributed by atoms with Crippen molar-refractivity contribution in [1.29, 1.82) is 0 Å². The number of aliphatic hydroxyl groups excluding tert-OH is 1. The van der Waals surface area contributed by atoms with Gasteiger partial charge >= 0.3 is 0 Å². The van der Waals surface area contributed by atoms with E-state index >= 15 is 0 Å². The van der Waals surface area contributed by atoms with E-state index in [9.17, 15) is 5.11 Å². The average molecular weight is 264 g/mol. The molecule has 0 spiro atoms. The van der Waals surface area contributed by atoms with Crippen LogP contribution in [-0.2, 0) is 0 Å². The van der Waals surface area contributed by atoms with E-state index in [0.29, 0.717) is 0 Å². The van der Waals surface area contributed by atoms with Crippen LogP contribution in [0, 0.1) is 0 Å². The monoisotopic (exact) mass is 263 g/mol. The zero-order valence-corrected chi connectivity index (χ0v) is 9.36. The van der Waals surface area contributed by atoms with Crippen LogP contribution in [0.4, 0.5) is 5.13 Å². The van der Waals surface area contributed by atoms with E-state index in [1.54, 1.807) is 0 Å². The standard InChI is InChI=1S/C7H10BrN3OS/c8-5-10-11-6(13-5)9-7(4-12)2-1-3-7/h12H,1-4H2,(H,9,11). The molecule has 2 N–H and O–H groups in total. The fraction of sp³-hybridized carbons (Fsp3) is 0.714. The van der Waals surface area contributed by atoms with Gasteiger partial charge in [-0.2, -0.15) is 0 Å². The van der Waals surface area contributed by atoms with Gasteiger partial charge in [0.25, 0.3) is 0 Å². The molecule has 1 aliphatic rings. The van der Waals surface area contributed by atoms with Gasteiger partial charge in [0, 0.05) is 0 Å². The van der Waals surface area contributed by atoms with Gasteiger partial charge in [-0.3, -0.25) is 0 Å². The lowest BCUT2D eigenvalue weighted by molar-refractivity contribution is 0.144. The summed E-state index contributed by atoms with van der Waals surface area (Å²) >= 11 is 4.70. The van der Waals surface area contributed by atoms with Crippen LogP contribution in [0.25, 0.3) is 0 Å². The molecule has 0 unspecified atom stereocenters. The molecule has 1 heterocycles. The summed E-state index contributed by atoms with van der Waals surface area (Å²) < 4.78 is 0.766. The fourth-order valence-electron chi connectivity index (χ4n) is 1.41. The van der Waals surface area contributed by atoms with Crippen molar-refractivity contribution >= 4 is 32.4 Å². The third-order valence-corrected chi connectivity index (χ3v) is 3.66. The average Bonchev–Trinajstić information content (AvgIpc) is 2.44. The van der Waals surface area contributed by atoms with E-state index in [1.807, 2.05) is 0 Å². The fourth-order valence-corrected chi connectivity index (χ4v) is 2.54. The molecule has 1 saturated carbocycles. The Balaban J connectivity index is 2.04. The smallest absolute Gasteiger partial charge is 0.206 e. The van der Waals surface area contributed by atoms with Crippen LogP contribution in [0.2, 0.25) is 0 Å². The number of nitrogens with zero attached hydrogens (tertiary/aromatic N) is 2. The summed E-state index contributed by atoms with van der Waals surface area (Å²) in [4.78, 5) is 0. The summed E-state index contributed by atoms with van der Waals surface area (Å²) in [5.74, 6) is 0. The Hall–Kier alpha value is -0.200. The first-order valence-electron chi connectivity index (χ1n) is 4.12. The molecule has 1 aromatic rings. The van der Waals surface area contributed by atoms with E-state index in [-0.39, 0.29) is 12.1 Å². The minimum absolute atomic E-state index is 0.126. The Morgan fingerprint density at radius 2 is 2.31 bits per heavy atom. The summed E-state index contributed by atoms with van der Waals surface area (Å²) in [6, 6.07) is 0. The Morgan fingerprint density at radius 1 is 1.54 bits per heavy atom. The molecule has 13 heavy (non-hydrogen) atoms. The second-order valence-corrected chi connectivity index (χ2v) is 5.53. The van der Waals surface area contributed by atoms with Crippen molar-refractivity contribution in [3.8, 4) is 0 Å². The Bertz CT molecular complexity index is 294. The van der Waals surface area contributed by atoms with Crippen molar-refractivity contribution in [2.24, 2.45) is 0 Å². The minimum atomic E-state index is -0.126. The Labute approximate surface area is 88.5 Å². The summed E-state index contributed by atoms with van der Waals surface area (Å²) in [5, 5.41) is 21.0. The molecule has 1 aliphatic carbocycles. The number of hydrogen-bond acceptors (Lipinski definition) is 5. The van der Waals surface area contributed by atoms with Crippen molar-refractivity contribution in [2.75, 3.05) is 11.9 Å². The molecular weight excluding hydrogens is 254 g/mol. The van der Waals surface area contributed by atoms with Gasteiger partial charge in [-0.25, -0.2) is 0 Å². The predicted octanol–water partition coefficient (Wildman–Crippen LogP) is 1.63. The molecule has 0 amide bonds. The normalized spacial score (nSPS) is 19.5. The SMILES string of the molecule is OCC1(Nc2nnc(Br)s2)CCC1. The molecule has 0 aromatic carbocycles. The van der Waals surface area contributed by atoms with Gasteiger partial charge in [-0.1, -0.05) is 11.3 Å². The maximum atomic E-state index is 9.19. The van der Waals surface area contributed by atoms with E-state index in [2.05, 4.69) is 31.4 Å². The summed E-state index contributed by atoms with van der Waals surface area (Å²) in [6.07, 6.45) is 3.20. The number of halogens is 1. The summed E-state index contributed by atoms with van der Waals surface area (Å²) in [7, 11) is 0. The zero-order chi connectivity index (χ0) is 9.31. The van der Waals surface area contributed by atoms with Crippen LogP contribution in [-0.4, -0.2) is 27.4 Å². The van der Waals surface area contributed by atoms with Crippen LogP contribution in [0.3, 0.4) is 0 Å². The number of hydrogen-bond donors (Lipinski definition) is 2. The quantitative estimate of drug-likeness (QED) is 0.871. The van der Waals surface area contributed by atoms with Gasteiger partial charge in [0.1, 0.15) is 0 Å². The molecule has 2 rings (SSSR count). The van der Waals surface area contributed by atoms with Gasteiger partial charge in [0.2, 0.25) is 5.13 Å². The van der Waals surface area contributed by atoms with Crippen LogP contribution < -0.4 is 5.32 Å². The van der Waals surface area contributed by atoms with Crippen molar-refractivity contribution in [2.45, 2.75) is 24.8 Å². The number of nitrogens with one attached hydrogen (secondary N) is 1. The molecule has 0 saturated heterocycles. The first-order valence-corrected chi connectivity index (χ1v) is 5.73. The van der Waals surface area contributed by atoms with Crippen LogP contribution in [0.1, 0.15) is 19.3 Å². The van der Waals surface area contributed by atoms with E-state index in [1.165, 1.54) is 17.8 Å². The molecule has 72 valence electrons. The van der Waals surface area contributed by atoms with Crippen LogP contribution in [0.5, 0.6) is 0 Å². The number of rotatable bonds is 3. The first-order chi connectivity index (χ1) is 6.24. The Kier molecular flexibility index (Phi) is 2.53. The molecule has 0 radical (unpaired) electrons. The third-order valence-electron chi connectivity index (χ3n) is 2.39. The molecule has 6 heteroatoms. The highest BCUT2D eigenvalue weighted by Gasteiger charge is 2.36. The van der Waals surface area contributed by atoms with E-state index < -0.39 is 0 Å². The van der Waals surface area contributed by atoms with Crippen molar-refractivity contribution in [3.63, 3.8) is 0 Å². The second kappa shape index (κ2) is 3.51. The molecular formula is C7H10BrN3OS. The van der Waals surface area contributed by atoms with Gasteiger partial charge in [-0.05, 0) is 35.2 Å². The molecule has 1 aromatic heterocycles. The Morgan fingerprint density at radius 3 is 2.69 bits per heavy atom. The summed E-state index contributed by atoms with van der Waals surface area (Å²) in [6.45, 7) is 0.171. The van der Waals surface area contributed by atoms with Gasteiger partial charge in [0.05, 0.1) is 12.1 Å². The van der Waals surface area contributed by atoms with E-state index in [4.69, 9.17) is 0 Å². The van der Waals surface area contributed by atoms with Crippen LogP contribution in [0.15, 0.2) is 3.92 Å². The lowest BCUT2D eigenvalue weighted by atomic mass is 9.78. The minimum Gasteiger partial charge on any atom is -0.394 e. The first kappa shape index (κ1) is 9.36. The highest BCUT2D eigenvalue weighted by atomic mass is 79.9. The number of aliphatic hydroxyl groups is 1. The molecule has 4 nitrogen and oxygen atoms in total. The maximum Gasteiger partial charge on any atom is 0.206 e. The van der Waals surface area contributed by atoms with Crippen molar-refractivity contribution in [3.05, 3.63) is 3.92 Å². The number of anilines is 1.